The van der Waals surface area contributed by atoms with Crippen LogP contribution in [0.5, 0.6) is 11.5 Å². The van der Waals surface area contributed by atoms with Crippen molar-refractivity contribution in [1.82, 2.24) is 0 Å². The molecule has 0 aromatic heterocycles. The summed E-state index contributed by atoms with van der Waals surface area (Å²) in [7, 11) is 1.27. The summed E-state index contributed by atoms with van der Waals surface area (Å²) in [6, 6.07) is 10.3. The zero-order valence-corrected chi connectivity index (χ0v) is 16.0. The summed E-state index contributed by atoms with van der Waals surface area (Å²) in [5.74, 6) is -0.910. The van der Waals surface area contributed by atoms with Crippen molar-refractivity contribution >= 4 is 33.5 Å². The highest BCUT2D eigenvalue weighted by Crippen LogP contribution is 2.28. The Hall–Kier alpha value is -2.68. The van der Waals surface area contributed by atoms with Crippen molar-refractivity contribution in [2.75, 3.05) is 12.4 Å². The minimum atomic E-state index is -3.01. The Balaban J connectivity index is 2.07. The molecule has 0 saturated carbocycles. The Morgan fingerprint density at radius 3 is 2.41 bits per heavy atom. The van der Waals surface area contributed by atoms with E-state index in [4.69, 9.17) is 4.74 Å². The Bertz CT molecular complexity index is 831. The summed E-state index contributed by atoms with van der Waals surface area (Å²) >= 11 is 3.26. The van der Waals surface area contributed by atoms with Crippen LogP contribution in [0.4, 0.5) is 14.5 Å². The van der Waals surface area contributed by atoms with E-state index in [1.54, 1.807) is 6.07 Å². The van der Waals surface area contributed by atoms with Crippen LogP contribution in [0.3, 0.4) is 0 Å². The summed E-state index contributed by atoms with van der Waals surface area (Å²) in [4.78, 5) is 23.8. The second-order valence-electron chi connectivity index (χ2n) is 5.26. The number of para-hydroxylation sites is 2. The largest absolute Gasteiger partial charge is 0.480 e. The summed E-state index contributed by atoms with van der Waals surface area (Å²) in [6.45, 7) is -1.52. The maximum Gasteiger partial charge on any atom is 0.387 e. The van der Waals surface area contributed by atoms with Gasteiger partial charge in [0, 0.05) is 0 Å². The second kappa shape index (κ2) is 9.31. The van der Waals surface area contributed by atoms with Crippen LogP contribution in [0.1, 0.15) is 17.3 Å². The highest BCUT2D eigenvalue weighted by Gasteiger charge is 2.19. The van der Waals surface area contributed by atoms with Crippen LogP contribution in [-0.2, 0) is 9.53 Å². The molecule has 0 saturated heterocycles. The third-order valence-corrected chi connectivity index (χ3v) is 4.01. The number of carbonyl (C=O) groups is 2. The van der Waals surface area contributed by atoms with Crippen molar-refractivity contribution in [2.45, 2.75) is 19.6 Å². The number of hydrogen-bond acceptors (Lipinski definition) is 5. The number of anilines is 1. The van der Waals surface area contributed by atoms with E-state index in [1.165, 1.54) is 50.4 Å². The first-order valence-corrected chi connectivity index (χ1v) is 8.50. The first-order valence-electron chi connectivity index (χ1n) is 7.71. The summed E-state index contributed by atoms with van der Waals surface area (Å²) in [6.07, 6.45) is -0.954. The summed E-state index contributed by atoms with van der Waals surface area (Å²) in [5.41, 5.74) is 0.408. The van der Waals surface area contributed by atoms with Gasteiger partial charge in [-0.2, -0.15) is 8.78 Å². The fraction of sp³-hybridized carbons (Fsp3) is 0.222. The number of ether oxygens (including phenoxy) is 3. The molecule has 1 amide bonds. The maximum absolute atomic E-state index is 12.4. The normalized spacial score (nSPS) is 11.6. The van der Waals surface area contributed by atoms with E-state index in [0.29, 0.717) is 15.8 Å². The van der Waals surface area contributed by atoms with E-state index in [0.717, 1.165) is 0 Å². The molecule has 144 valence electrons. The molecule has 0 aliphatic carbocycles. The van der Waals surface area contributed by atoms with E-state index in [9.17, 15) is 18.4 Å². The molecule has 0 spiro atoms. The van der Waals surface area contributed by atoms with Gasteiger partial charge < -0.3 is 19.5 Å². The van der Waals surface area contributed by atoms with Gasteiger partial charge in [-0.3, -0.25) is 4.79 Å². The minimum absolute atomic E-state index is 0.0957. The Morgan fingerprint density at radius 1 is 1.07 bits per heavy atom. The fourth-order valence-corrected chi connectivity index (χ4v) is 2.56. The number of hydrogen-bond donors (Lipinski definition) is 1. The molecule has 9 heteroatoms. The standard InChI is InChI=1S/C18H16BrF2NO5/c1-10(26-14-8-7-11(9-12(14)19)17(24)25-2)16(23)22-13-5-3-4-6-15(13)27-18(20)21/h3-10,18H,1-2H3,(H,22,23). The number of halogens is 3. The lowest BCUT2D eigenvalue weighted by Crippen LogP contribution is -2.30. The minimum Gasteiger partial charge on any atom is -0.480 e. The number of esters is 1. The molecule has 0 aliphatic rings. The van der Waals surface area contributed by atoms with E-state index >= 15 is 0 Å². The van der Waals surface area contributed by atoms with Crippen molar-refractivity contribution in [2.24, 2.45) is 0 Å². The quantitative estimate of drug-likeness (QED) is 0.647. The summed E-state index contributed by atoms with van der Waals surface area (Å²) < 4.78 is 39.9. The van der Waals surface area contributed by atoms with Crippen LogP contribution in [0.15, 0.2) is 46.9 Å². The number of rotatable bonds is 7. The molecule has 2 aromatic rings. The molecule has 0 radical (unpaired) electrons. The van der Waals surface area contributed by atoms with Crippen LogP contribution in [-0.4, -0.2) is 31.7 Å². The fourth-order valence-electron chi connectivity index (χ4n) is 2.09. The molecule has 27 heavy (non-hydrogen) atoms. The molecule has 0 fully saturated rings. The summed E-state index contributed by atoms with van der Waals surface area (Å²) in [5, 5.41) is 2.48. The molecule has 0 aliphatic heterocycles. The third kappa shape index (κ3) is 5.65. The number of alkyl halides is 2. The number of carbonyl (C=O) groups excluding carboxylic acids is 2. The predicted molar refractivity (Wildman–Crippen MR) is 97.3 cm³/mol. The number of methoxy groups -OCH3 is 1. The van der Waals surface area contributed by atoms with Crippen molar-refractivity contribution in [1.29, 1.82) is 0 Å². The van der Waals surface area contributed by atoms with Gasteiger partial charge in [-0.15, -0.1) is 0 Å². The van der Waals surface area contributed by atoms with E-state index in [2.05, 4.69) is 30.7 Å². The molecule has 1 atom stereocenters. The van der Waals surface area contributed by atoms with E-state index in [1.807, 2.05) is 0 Å². The van der Waals surface area contributed by atoms with Crippen LogP contribution in [0.25, 0.3) is 0 Å². The average Bonchev–Trinajstić information content (AvgIpc) is 2.63. The monoisotopic (exact) mass is 443 g/mol. The topological polar surface area (TPSA) is 73.9 Å². The molecular weight excluding hydrogens is 428 g/mol. The third-order valence-electron chi connectivity index (χ3n) is 3.39. The van der Waals surface area contributed by atoms with Crippen LogP contribution in [0, 0.1) is 0 Å². The van der Waals surface area contributed by atoms with Crippen molar-refractivity contribution in [3.8, 4) is 11.5 Å². The highest BCUT2D eigenvalue weighted by molar-refractivity contribution is 9.10. The Morgan fingerprint density at radius 2 is 1.78 bits per heavy atom. The van der Waals surface area contributed by atoms with Gasteiger partial charge in [0.25, 0.3) is 5.91 Å². The molecular formula is C18H16BrF2NO5. The number of benzene rings is 2. The Kier molecular flexibility index (Phi) is 7.12. The van der Waals surface area contributed by atoms with Crippen LogP contribution in [0.2, 0.25) is 0 Å². The lowest BCUT2D eigenvalue weighted by atomic mass is 10.2. The molecule has 2 aromatic carbocycles. The molecule has 1 N–H and O–H groups in total. The van der Waals surface area contributed by atoms with Crippen molar-refractivity contribution < 1.29 is 32.6 Å². The lowest BCUT2D eigenvalue weighted by molar-refractivity contribution is -0.122. The zero-order valence-electron chi connectivity index (χ0n) is 14.4. The first kappa shape index (κ1) is 20.6. The van der Waals surface area contributed by atoms with Gasteiger partial charge in [-0.05, 0) is 53.2 Å². The molecule has 0 heterocycles. The zero-order chi connectivity index (χ0) is 20.0. The van der Waals surface area contributed by atoms with E-state index in [-0.39, 0.29) is 11.4 Å². The molecule has 2 rings (SSSR count). The van der Waals surface area contributed by atoms with Gasteiger partial charge >= 0.3 is 12.6 Å². The smallest absolute Gasteiger partial charge is 0.387 e. The van der Waals surface area contributed by atoms with Gasteiger partial charge in [0.1, 0.15) is 11.5 Å². The van der Waals surface area contributed by atoms with Crippen molar-refractivity contribution in [3.63, 3.8) is 0 Å². The number of nitrogens with one attached hydrogen (secondary N) is 1. The van der Waals surface area contributed by atoms with Gasteiger partial charge in [-0.25, -0.2) is 4.79 Å². The average molecular weight is 444 g/mol. The lowest BCUT2D eigenvalue weighted by Gasteiger charge is -2.17. The van der Waals surface area contributed by atoms with Crippen molar-refractivity contribution in [3.05, 3.63) is 52.5 Å². The van der Waals surface area contributed by atoms with Crippen LogP contribution < -0.4 is 14.8 Å². The van der Waals surface area contributed by atoms with Gasteiger partial charge in [-0.1, -0.05) is 12.1 Å². The molecule has 6 nitrogen and oxygen atoms in total. The van der Waals surface area contributed by atoms with Gasteiger partial charge in [0.05, 0.1) is 22.8 Å². The maximum atomic E-state index is 12.4. The molecule has 0 bridgehead atoms. The molecule has 1 unspecified atom stereocenters. The van der Waals surface area contributed by atoms with Gasteiger partial charge in [0.15, 0.2) is 6.10 Å². The second-order valence-corrected chi connectivity index (χ2v) is 6.12. The Labute approximate surface area is 162 Å². The van der Waals surface area contributed by atoms with Gasteiger partial charge in [0.2, 0.25) is 0 Å². The predicted octanol–water partition coefficient (Wildman–Crippen LogP) is 4.24. The van der Waals surface area contributed by atoms with E-state index < -0.39 is 24.6 Å². The SMILES string of the molecule is COC(=O)c1ccc(OC(C)C(=O)Nc2ccccc2OC(F)F)c(Br)c1. The van der Waals surface area contributed by atoms with Crippen LogP contribution >= 0.6 is 15.9 Å². The first-order chi connectivity index (χ1) is 12.8. The number of amides is 1. The highest BCUT2D eigenvalue weighted by atomic mass is 79.9.